The zero-order valence-electron chi connectivity index (χ0n) is 55.7. The first-order valence-electron chi connectivity index (χ1n) is 33.0. The van der Waals surface area contributed by atoms with Crippen molar-refractivity contribution in [2.75, 3.05) is 32.7 Å². The lowest BCUT2D eigenvalue weighted by atomic mass is 9.99. The van der Waals surface area contributed by atoms with Crippen LogP contribution in [-0.4, -0.2) is 192 Å². The van der Waals surface area contributed by atoms with Crippen LogP contribution in [0.4, 0.5) is 0 Å². The van der Waals surface area contributed by atoms with E-state index in [-0.39, 0.29) is 89.3 Å². The molecule has 7 rings (SSSR count). The molecule has 18 N–H and O–H groups in total. The zero-order chi connectivity index (χ0) is 72.6. The molecule has 4 heterocycles. The predicted molar refractivity (Wildman–Crippen MR) is 365 cm³/mol. The van der Waals surface area contributed by atoms with E-state index in [1.165, 1.54) is 24.2 Å². The number of benzene rings is 3. The lowest BCUT2D eigenvalue weighted by molar-refractivity contribution is -0.142. The van der Waals surface area contributed by atoms with Gasteiger partial charge in [0.15, 0.2) is 5.96 Å². The molecule has 2 unspecified atom stereocenters. The zero-order valence-corrected chi connectivity index (χ0v) is 56.5. The summed E-state index contributed by atoms with van der Waals surface area (Å²) in [5.74, 6) is -13.7. The van der Waals surface area contributed by atoms with Crippen LogP contribution in [0.3, 0.4) is 0 Å². The second-order valence-electron chi connectivity index (χ2n) is 25.2. The molecule has 32 nitrogen and oxygen atoms in total. The van der Waals surface area contributed by atoms with E-state index in [0.717, 1.165) is 10.8 Å². The van der Waals surface area contributed by atoms with Crippen molar-refractivity contribution < 1.29 is 67.1 Å². The lowest BCUT2D eigenvalue weighted by Gasteiger charge is -2.31. The van der Waals surface area contributed by atoms with E-state index in [4.69, 9.17) is 28.8 Å². The molecule has 10 atom stereocenters. The number of primary amides is 1. The van der Waals surface area contributed by atoms with Gasteiger partial charge in [-0.3, -0.25) is 77.1 Å². The minimum Gasteiger partial charge on any atom is -0.370 e. The summed E-state index contributed by atoms with van der Waals surface area (Å²) in [4.78, 5) is 209. The molecule has 14 amide bonds. The molecular weight excluding hydrogens is 1320 g/mol. The van der Waals surface area contributed by atoms with Gasteiger partial charge in [-0.2, -0.15) is 0 Å². The van der Waals surface area contributed by atoms with Gasteiger partial charge >= 0.3 is 0 Å². The highest BCUT2D eigenvalue weighted by molar-refractivity contribution is 6.30. The van der Waals surface area contributed by atoms with Gasteiger partial charge in [0, 0.05) is 76.2 Å². The Balaban J connectivity index is 1.28. The smallest absolute Gasteiger partial charge is 0.245 e. The molecule has 3 aliphatic rings. The minimum absolute atomic E-state index is 0.0157. The molecule has 3 aromatic carbocycles. The number of hydrogen-bond donors (Lipinski definition) is 15. The number of halogens is 1. The molecule has 2 bridgehead atoms. The van der Waals surface area contributed by atoms with E-state index >= 15 is 14.4 Å². The van der Waals surface area contributed by atoms with Crippen molar-refractivity contribution in [3.8, 4) is 0 Å². The number of rotatable bonds is 20. The highest BCUT2D eigenvalue weighted by atomic mass is 35.5. The topological polar surface area (TPSA) is 490 Å². The Morgan fingerprint density at radius 2 is 1.29 bits per heavy atom. The van der Waals surface area contributed by atoms with Gasteiger partial charge in [-0.25, -0.2) is 0 Å². The van der Waals surface area contributed by atoms with Crippen LogP contribution < -0.4 is 81.0 Å². The van der Waals surface area contributed by atoms with Gasteiger partial charge in [0.25, 0.3) is 0 Å². The van der Waals surface area contributed by atoms with Gasteiger partial charge in [0.1, 0.15) is 60.4 Å². The summed E-state index contributed by atoms with van der Waals surface area (Å²) in [7, 11) is 0. The van der Waals surface area contributed by atoms with Gasteiger partial charge in [0.05, 0.1) is 13.0 Å². The van der Waals surface area contributed by atoms with Crippen molar-refractivity contribution in [1.82, 2.24) is 73.7 Å². The molecule has 1 aromatic heterocycles. The monoisotopic (exact) mass is 1400 g/mol. The highest BCUT2D eigenvalue weighted by Crippen LogP contribution is 2.22. The van der Waals surface area contributed by atoms with Crippen molar-refractivity contribution in [1.29, 1.82) is 0 Å². The number of pyridine rings is 1. The Bertz CT molecular complexity index is 3690. The summed E-state index contributed by atoms with van der Waals surface area (Å²) in [5, 5.41) is 33.2. The molecule has 33 heteroatoms. The van der Waals surface area contributed by atoms with E-state index in [2.05, 4.69) is 73.8 Å². The lowest BCUT2D eigenvalue weighted by Crippen LogP contribution is -2.61. The molecule has 100 heavy (non-hydrogen) atoms. The van der Waals surface area contributed by atoms with Crippen LogP contribution >= 0.6 is 11.6 Å². The summed E-state index contributed by atoms with van der Waals surface area (Å²) < 4.78 is 0. The third-order valence-electron chi connectivity index (χ3n) is 16.8. The maximum absolute atomic E-state index is 15.2. The van der Waals surface area contributed by atoms with Crippen LogP contribution in [0.25, 0.3) is 10.8 Å². The van der Waals surface area contributed by atoms with Gasteiger partial charge < -0.3 is 85.9 Å². The Morgan fingerprint density at radius 3 is 1.97 bits per heavy atom. The summed E-state index contributed by atoms with van der Waals surface area (Å²) in [5.41, 5.74) is 18.5. The van der Waals surface area contributed by atoms with Gasteiger partial charge in [-0.1, -0.05) is 86.1 Å². The van der Waals surface area contributed by atoms with Crippen LogP contribution in [0.5, 0.6) is 0 Å². The van der Waals surface area contributed by atoms with Crippen molar-refractivity contribution in [3.63, 3.8) is 0 Å². The molecule has 4 aromatic rings. The maximum atomic E-state index is 15.2. The van der Waals surface area contributed by atoms with Crippen molar-refractivity contribution in [2.24, 2.45) is 28.1 Å². The number of aliphatic imine (C=N–C) groups is 1. The molecule has 3 fully saturated rings. The SMILES string of the molecule is CC(=O)N[C@H](Cc1ccc2ccccc2c1)C(=O)N[C@H](Cc1ccc(Cl)cc1)C(=O)N[C@H](Cc1cccnc1)C(=O)N[C@@H]1CC(=O)NC[C@H](C(N)=O)NC(=O)[C@H]2CCCN2C(=O)C2CCNC(=O)CNC(=O)CCC(NC1=O)C(=O)N[C@H](CCCN=C(N)N)C(=O)N[C@@H](CC(C)C)C(=O)N2. The van der Waals surface area contributed by atoms with E-state index in [9.17, 15) is 52.7 Å². The quantitative estimate of drug-likeness (QED) is 0.0179. The first-order valence-corrected chi connectivity index (χ1v) is 33.3. The molecule has 3 aliphatic heterocycles. The Morgan fingerprint density at radius 1 is 0.640 bits per heavy atom. The number of nitrogens with two attached hydrogens (primary N) is 3. The van der Waals surface area contributed by atoms with E-state index in [1.54, 1.807) is 56.3 Å². The molecule has 0 spiro atoms. The largest absolute Gasteiger partial charge is 0.370 e. The average Bonchev–Trinajstić information content (AvgIpc) is 1.44. The minimum atomic E-state index is -2.06. The Labute approximate surface area is 581 Å². The summed E-state index contributed by atoms with van der Waals surface area (Å²) >= 11 is 6.25. The normalized spacial score (nSPS) is 21.9. The second-order valence-corrected chi connectivity index (χ2v) is 25.6. The first-order chi connectivity index (χ1) is 47.7. The molecule has 536 valence electrons. The molecule has 0 radical (unpaired) electrons. The van der Waals surface area contributed by atoms with Crippen LogP contribution in [0.15, 0.2) is 96.2 Å². The van der Waals surface area contributed by atoms with E-state index in [1.807, 2.05) is 36.4 Å². The molecular formula is C67H87ClN18O14. The fourth-order valence-electron chi connectivity index (χ4n) is 11.6. The van der Waals surface area contributed by atoms with Gasteiger partial charge in [-0.05, 0) is 96.5 Å². The van der Waals surface area contributed by atoms with Gasteiger partial charge in [0.2, 0.25) is 82.7 Å². The number of hydrogen-bond acceptors (Lipinski definition) is 16. The van der Waals surface area contributed by atoms with Crippen LogP contribution in [0, 0.1) is 5.92 Å². The van der Waals surface area contributed by atoms with Crippen LogP contribution in [0.1, 0.15) is 95.2 Å². The number of guanidine groups is 1. The van der Waals surface area contributed by atoms with Crippen molar-refractivity contribution >= 4 is 111 Å². The number of nitrogens with zero attached hydrogens (tertiary/aromatic N) is 3. The number of carbonyl (C=O) groups excluding carboxylic acids is 14. The Hall–Kier alpha value is -10.8. The number of aromatic nitrogens is 1. The maximum Gasteiger partial charge on any atom is 0.245 e. The third kappa shape index (κ3) is 23.7. The molecule has 0 saturated carbocycles. The highest BCUT2D eigenvalue weighted by Gasteiger charge is 2.41. The van der Waals surface area contributed by atoms with E-state index in [0.29, 0.717) is 21.7 Å². The Kier molecular flexibility index (Phi) is 28.5. The average molecular weight is 1400 g/mol. The van der Waals surface area contributed by atoms with Crippen LogP contribution in [-0.2, 0) is 86.4 Å². The molecule has 0 aliphatic carbocycles. The summed E-state index contributed by atoms with van der Waals surface area (Å²) in [6.07, 6.45) is -0.0973. The fourth-order valence-corrected chi connectivity index (χ4v) is 11.8. The van der Waals surface area contributed by atoms with Crippen LogP contribution in [0.2, 0.25) is 5.02 Å². The third-order valence-corrected chi connectivity index (χ3v) is 17.0. The van der Waals surface area contributed by atoms with Crippen molar-refractivity contribution in [3.05, 3.63) is 113 Å². The standard InChI is InChI=1S/C67H87ClN18O14/c1-36(2)27-47-60(94)80-46-22-25-73-56(90)35-76-54(88)21-20-45(59(93)78-44(58(92)81-47)12-7-24-74-67(70)71)79-64(98)51(32-55(89)75-34-52(57(69)91)85-65(99)53-13-8-26-86(53)66(46)100)84-63(97)50(31-40-9-6-23-72-33-40)83-62(96)49(29-38-15-18-43(68)19-16-38)82-61(95)48(77-37(3)87)30-39-14-17-41-10-4-5-11-42(41)28-39/h4-6,9-11,14-19,23,28,33,36,44-53H,7-8,12-13,20-22,24-27,29-32,34-35H2,1-3H3,(H2,69,91)(H,73,90)(H,75,89)(H,76,88)(H,77,87)(H,78,93)(H,79,98)(H,80,94)(H,81,92)(H,82,95)(H,83,96)(H,84,97)(H,85,99)(H4,70,71,74)/t44-,45?,46?,47+,48-,49-,50-,51-,52-,53-/m1/s1. The first kappa shape index (κ1) is 76.6. The number of carbonyl (C=O) groups is 14. The summed E-state index contributed by atoms with van der Waals surface area (Å²) in [6, 6.07) is 6.81. The number of amides is 14. The van der Waals surface area contributed by atoms with Crippen molar-refractivity contribution in [2.45, 2.75) is 158 Å². The number of nitrogens with one attached hydrogen (secondary N) is 12. The number of fused-ring (bicyclic) bond motifs is 11. The van der Waals surface area contributed by atoms with Gasteiger partial charge in [-0.15, -0.1) is 0 Å². The fraction of sp³-hybridized carbons (Fsp3) is 0.463. The summed E-state index contributed by atoms with van der Waals surface area (Å²) in [6.45, 7) is 3.03. The molecule has 3 saturated heterocycles. The second kappa shape index (κ2) is 37.2. The van der Waals surface area contributed by atoms with E-state index < -0.39 is 175 Å². The predicted octanol–water partition coefficient (Wildman–Crippen LogP) is -3.19.